The van der Waals surface area contributed by atoms with Gasteiger partial charge in [0.25, 0.3) is 0 Å². The number of aromatic nitrogens is 3. The maximum atomic E-state index is 12.3. The van der Waals surface area contributed by atoms with Crippen LogP contribution in [-0.4, -0.2) is 26.3 Å². The van der Waals surface area contributed by atoms with Gasteiger partial charge in [0.15, 0.2) is 16.8 Å². The van der Waals surface area contributed by atoms with Gasteiger partial charge in [0, 0.05) is 22.7 Å². The second kappa shape index (κ2) is 8.54. The molecule has 0 atom stereocenters. The van der Waals surface area contributed by atoms with Crippen LogP contribution < -0.4 is 0 Å². The molecule has 0 N–H and O–H groups in total. The lowest BCUT2D eigenvalue weighted by Crippen LogP contribution is -2.05. The summed E-state index contributed by atoms with van der Waals surface area (Å²) in [4.78, 5) is 12.3. The van der Waals surface area contributed by atoms with Crippen molar-refractivity contribution in [3.05, 3.63) is 76.8 Å². The van der Waals surface area contributed by atoms with Gasteiger partial charge in [0.05, 0.1) is 10.8 Å². The van der Waals surface area contributed by atoms with Crippen molar-refractivity contribution in [2.45, 2.75) is 11.7 Å². The lowest BCUT2D eigenvalue weighted by Gasteiger charge is -2.09. The zero-order valence-corrected chi connectivity index (χ0v) is 16.1. The van der Waals surface area contributed by atoms with E-state index in [1.54, 1.807) is 36.4 Å². The Hall–Kier alpha value is -2.08. The van der Waals surface area contributed by atoms with Gasteiger partial charge in [-0.1, -0.05) is 71.4 Å². The smallest absolute Gasteiger partial charge is 0.192 e. The van der Waals surface area contributed by atoms with E-state index in [-0.39, 0.29) is 11.5 Å². The molecule has 0 aliphatic rings. The van der Waals surface area contributed by atoms with Crippen molar-refractivity contribution in [2.75, 3.05) is 5.75 Å². The van der Waals surface area contributed by atoms with E-state index in [4.69, 9.17) is 23.2 Å². The number of carbonyl (C=O) groups is 1. The van der Waals surface area contributed by atoms with Crippen LogP contribution in [0.25, 0.3) is 11.4 Å². The van der Waals surface area contributed by atoms with E-state index in [1.807, 2.05) is 22.8 Å². The first kappa shape index (κ1) is 18.7. The Kier molecular flexibility index (Phi) is 6.14. The normalized spacial score (nSPS) is 10.7. The molecule has 26 heavy (non-hydrogen) atoms. The third-order valence-electron chi connectivity index (χ3n) is 3.63. The molecule has 1 heterocycles. The van der Waals surface area contributed by atoms with Crippen LogP contribution in [0.15, 0.2) is 66.3 Å². The number of nitrogens with zero attached hydrogens (tertiary/aromatic N) is 3. The highest BCUT2D eigenvalue weighted by Crippen LogP contribution is 2.31. The van der Waals surface area contributed by atoms with Crippen molar-refractivity contribution in [1.82, 2.24) is 14.8 Å². The molecule has 3 aromatic rings. The first-order chi connectivity index (χ1) is 12.6. The van der Waals surface area contributed by atoms with E-state index in [2.05, 4.69) is 16.8 Å². The van der Waals surface area contributed by atoms with Gasteiger partial charge in [-0.15, -0.1) is 16.8 Å². The molecule has 0 saturated carbocycles. The molecule has 132 valence electrons. The number of Topliss-reactive ketones (excluding diaryl/α,β-unsaturated/α-hetero) is 1. The Bertz CT molecular complexity index is 941. The minimum absolute atomic E-state index is 0.0369. The Morgan fingerprint density at radius 3 is 2.62 bits per heavy atom. The number of carbonyl (C=O) groups excluding carboxylic acids is 1. The number of allylic oxidation sites excluding steroid dienone is 1. The molecule has 0 bridgehead atoms. The molecular formula is C19H15Cl2N3OS. The van der Waals surface area contributed by atoms with Crippen LogP contribution >= 0.6 is 35.0 Å². The first-order valence-electron chi connectivity index (χ1n) is 7.80. The largest absolute Gasteiger partial charge is 0.298 e. The van der Waals surface area contributed by atoms with E-state index >= 15 is 0 Å². The molecule has 0 aliphatic heterocycles. The number of benzene rings is 2. The summed E-state index contributed by atoms with van der Waals surface area (Å²) < 4.78 is 1.88. The van der Waals surface area contributed by atoms with Gasteiger partial charge in [-0.3, -0.25) is 9.36 Å². The summed E-state index contributed by atoms with van der Waals surface area (Å²) in [6, 6.07) is 14.4. The number of hydrogen-bond acceptors (Lipinski definition) is 4. The highest BCUT2D eigenvalue weighted by molar-refractivity contribution is 7.99. The number of hydrogen-bond donors (Lipinski definition) is 0. The molecule has 0 spiro atoms. The van der Waals surface area contributed by atoms with Crippen LogP contribution in [0.1, 0.15) is 10.4 Å². The Morgan fingerprint density at radius 2 is 1.92 bits per heavy atom. The van der Waals surface area contributed by atoms with Crippen molar-refractivity contribution in [2.24, 2.45) is 0 Å². The number of ketones is 1. The van der Waals surface area contributed by atoms with Crippen molar-refractivity contribution >= 4 is 40.7 Å². The summed E-state index contributed by atoms with van der Waals surface area (Å²) in [7, 11) is 0. The number of rotatable bonds is 7. The average molecular weight is 404 g/mol. The fourth-order valence-corrected chi connectivity index (χ4v) is 3.73. The summed E-state index contributed by atoms with van der Waals surface area (Å²) in [6.07, 6.45) is 1.75. The van der Waals surface area contributed by atoms with Crippen LogP contribution in [0.2, 0.25) is 10.0 Å². The molecule has 0 amide bonds. The van der Waals surface area contributed by atoms with Gasteiger partial charge < -0.3 is 0 Å². The quantitative estimate of drug-likeness (QED) is 0.300. The molecule has 7 heteroatoms. The highest BCUT2D eigenvalue weighted by Gasteiger charge is 2.17. The summed E-state index contributed by atoms with van der Waals surface area (Å²) >= 11 is 13.6. The monoisotopic (exact) mass is 403 g/mol. The minimum atomic E-state index is 0.0369. The summed E-state index contributed by atoms with van der Waals surface area (Å²) in [5, 5.41) is 10.2. The van der Waals surface area contributed by atoms with E-state index in [9.17, 15) is 4.79 Å². The Labute approximate surface area is 165 Å². The van der Waals surface area contributed by atoms with Crippen molar-refractivity contribution in [3.8, 4) is 11.4 Å². The van der Waals surface area contributed by atoms with Gasteiger partial charge in [0.2, 0.25) is 0 Å². The molecule has 3 rings (SSSR count). The highest BCUT2D eigenvalue weighted by atomic mass is 35.5. The Morgan fingerprint density at radius 1 is 1.15 bits per heavy atom. The number of thioether (sulfide) groups is 1. The lowest BCUT2D eigenvalue weighted by atomic mass is 10.2. The fourth-order valence-electron chi connectivity index (χ4n) is 2.40. The zero-order valence-electron chi connectivity index (χ0n) is 13.7. The average Bonchev–Trinajstić information content (AvgIpc) is 3.03. The van der Waals surface area contributed by atoms with Gasteiger partial charge in [-0.25, -0.2) is 0 Å². The fraction of sp³-hybridized carbons (Fsp3) is 0.105. The molecule has 4 nitrogen and oxygen atoms in total. The minimum Gasteiger partial charge on any atom is -0.298 e. The van der Waals surface area contributed by atoms with Crippen LogP contribution in [0, 0.1) is 0 Å². The van der Waals surface area contributed by atoms with Crippen LogP contribution in [0.4, 0.5) is 0 Å². The van der Waals surface area contributed by atoms with Crippen LogP contribution in [0.3, 0.4) is 0 Å². The van der Waals surface area contributed by atoms with E-state index in [0.29, 0.717) is 33.1 Å². The third-order valence-corrected chi connectivity index (χ3v) is 5.14. The summed E-state index contributed by atoms with van der Waals surface area (Å²) in [5.74, 6) is 0.921. The second-order valence-electron chi connectivity index (χ2n) is 5.41. The van der Waals surface area contributed by atoms with E-state index in [1.165, 1.54) is 11.8 Å². The van der Waals surface area contributed by atoms with Crippen molar-refractivity contribution < 1.29 is 4.79 Å². The Balaban J connectivity index is 1.85. The zero-order chi connectivity index (χ0) is 18.5. The van der Waals surface area contributed by atoms with Crippen molar-refractivity contribution in [1.29, 1.82) is 0 Å². The lowest BCUT2D eigenvalue weighted by molar-refractivity contribution is 0.102. The molecule has 0 radical (unpaired) electrons. The SMILES string of the molecule is C=CCn1c(SCC(=O)c2ccccc2)nnc1-c1ccc(Cl)cc1Cl. The predicted molar refractivity (Wildman–Crippen MR) is 107 cm³/mol. The maximum Gasteiger partial charge on any atom is 0.192 e. The van der Waals surface area contributed by atoms with Crippen molar-refractivity contribution in [3.63, 3.8) is 0 Å². The second-order valence-corrected chi connectivity index (χ2v) is 7.19. The first-order valence-corrected chi connectivity index (χ1v) is 9.55. The van der Waals surface area contributed by atoms with Gasteiger partial charge in [-0.2, -0.15) is 0 Å². The number of halogens is 2. The molecule has 0 fully saturated rings. The van der Waals surface area contributed by atoms with Crippen LogP contribution in [0.5, 0.6) is 0 Å². The summed E-state index contributed by atoms with van der Waals surface area (Å²) in [6.45, 7) is 4.29. The molecule has 0 aliphatic carbocycles. The van der Waals surface area contributed by atoms with Gasteiger partial charge in [-0.05, 0) is 18.2 Å². The van der Waals surface area contributed by atoms with Gasteiger partial charge in [0.1, 0.15) is 0 Å². The maximum absolute atomic E-state index is 12.3. The van der Waals surface area contributed by atoms with Gasteiger partial charge >= 0.3 is 0 Å². The van der Waals surface area contributed by atoms with E-state index in [0.717, 1.165) is 5.56 Å². The van der Waals surface area contributed by atoms with E-state index < -0.39 is 0 Å². The molecular weight excluding hydrogens is 389 g/mol. The molecule has 2 aromatic carbocycles. The molecule has 0 saturated heterocycles. The topological polar surface area (TPSA) is 47.8 Å². The predicted octanol–water partition coefficient (Wildman–Crippen LogP) is 5.41. The summed E-state index contributed by atoms with van der Waals surface area (Å²) in [5.41, 5.74) is 1.41. The molecule has 1 aromatic heterocycles. The molecule has 0 unspecified atom stereocenters. The van der Waals surface area contributed by atoms with Crippen LogP contribution in [-0.2, 0) is 6.54 Å². The third kappa shape index (κ3) is 4.18. The standard InChI is InChI=1S/C19H15Cl2N3OS/c1-2-10-24-18(15-9-8-14(20)11-16(15)21)22-23-19(24)26-12-17(25)13-6-4-3-5-7-13/h2-9,11H,1,10,12H2.